The van der Waals surface area contributed by atoms with E-state index >= 15 is 0 Å². The maximum absolute atomic E-state index is 12.7. The van der Waals surface area contributed by atoms with E-state index in [-0.39, 0.29) is 11.9 Å². The topological polar surface area (TPSA) is 54.7 Å². The van der Waals surface area contributed by atoms with E-state index in [1.165, 1.54) is 6.20 Å². The number of alkyl halides is 2. The minimum Gasteiger partial charge on any atom is -0.341 e. The van der Waals surface area contributed by atoms with E-state index in [0.717, 1.165) is 6.92 Å². The van der Waals surface area contributed by atoms with Gasteiger partial charge >= 0.3 is 5.92 Å². The maximum atomic E-state index is 12.7. The molecule has 0 radical (unpaired) electrons. The molecule has 3 nitrogen and oxygen atoms in total. The number of aromatic amines is 1. The molecule has 1 heterocycles. The number of imidazole rings is 1. The molecular weight excluding hydrogens is 176 g/mol. The maximum Gasteiger partial charge on any atom is 0.301 e. The summed E-state index contributed by atoms with van der Waals surface area (Å²) >= 11 is 0. The van der Waals surface area contributed by atoms with E-state index < -0.39 is 5.92 Å². The number of H-pyrrole nitrogens is 1. The van der Waals surface area contributed by atoms with Gasteiger partial charge in [0.1, 0.15) is 0 Å². The SMILES string of the molecule is CC(N)Cc1cnc(C(C)(F)F)[nH]1. The lowest BCUT2D eigenvalue weighted by atomic mass is 10.2. The van der Waals surface area contributed by atoms with Crippen LogP contribution in [0.25, 0.3) is 0 Å². The Hall–Kier alpha value is -0.970. The molecule has 0 aromatic carbocycles. The minimum atomic E-state index is -2.91. The number of rotatable bonds is 3. The van der Waals surface area contributed by atoms with Crippen molar-refractivity contribution in [3.63, 3.8) is 0 Å². The van der Waals surface area contributed by atoms with Gasteiger partial charge in [-0.3, -0.25) is 0 Å². The summed E-state index contributed by atoms with van der Waals surface area (Å²) in [6, 6.07) is -0.0567. The van der Waals surface area contributed by atoms with Crippen LogP contribution in [0.2, 0.25) is 0 Å². The molecular formula is C8H13F2N3. The smallest absolute Gasteiger partial charge is 0.301 e. The lowest BCUT2D eigenvalue weighted by molar-refractivity contribution is 0.00847. The number of nitrogens with zero attached hydrogens (tertiary/aromatic N) is 1. The van der Waals surface area contributed by atoms with Gasteiger partial charge in [-0.05, 0) is 6.92 Å². The summed E-state index contributed by atoms with van der Waals surface area (Å²) in [5.74, 6) is -3.21. The molecule has 74 valence electrons. The average molecular weight is 189 g/mol. The van der Waals surface area contributed by atoms with Crippen LogP contribution in [0.5, 0.6) is 0 Å². The van der Waals surface area contributed by atoms with E-state index in [4.69, 9.17) is 5.73 Å². The van der Waals surface area contributed by atoms with Gasteiger partial charge in [-0.15, -0.1) is 0 Å². The second-order valence-corrected chi connectivity index (χ2v) is 3.33. The van der Waals surface area contributed by atoms with Gasteiger partial charge in [-0.2, -0.15) is 8.78 Å². The molecule has 1 atom stereocenters. The van der Waals surface area contributed by atoms with E-state index in [0.29, 0.717) is 12.1 Å². The van der Waals surface area contributed by atoms with E-state index in [9.17, 15) is 8.78 Å². The van der Waals surface area contributed by atoms with Gasteiger partial charge in [0, 0.05) is 31.3 Å². The van der Waals surface area contributed by atoms with Gasteiger partial charge in [-0.25, -0.2) is 4.98 Å². The molecule has 0 amide bonds. The van der Waals surface area contributed by atoms with Crippen molar-refractivity contribution >= 4 is 0 Å². The Bertz CT molecular complexity index is 275. The van der Waals surface area contributed by atoms with Crippen molar-refractivity contribution in [1.82, 2.24) is 9.97 Å². The number of hydrogen-bond donors (Lipinski definition) is 2. The Morgan fingerprint density at radius 3 is 2.69 bits per heavy atom. The second-order valence-electron chi connectivity index (χ2n) is 3.33. The largest absolute Gasteiger partial charge is 0.341 e. The van der Waals surface area contributed by atoms with Crippen molar-refractivity contribution < 1.29 is 8.78 Å². The number of aromatic nitrogens is 2. The van der Waals surface area contributed by atoms with Crippen LogP contribution in [0.15, 0.2) is 6.20 Å². The van der Waals surface area contributed by atoms with Crippen molar-refractivity contribution in [3.8, 4) is 0 Å². The Morgan fingerprint density at radius 2 is 2.31 bits per heavy atom. The van der Waals surface area contributed by atoms with Gasteiger partial charge in [-0.1, -0.05) is 0 Å². The van der Waals surface area contributed by atoms with Crippen molar-refractivity contribution in [1.29, 1.82) is 0 Å². The molecule has 0 saturated heterocycles. The van der Waals surface area contributed by atoms with Crippen molar-refractivity contribution in [2.75, 3.05) is 0 Å². The highest BCUT2D eigenvalue weighted by atomic mass is 19.3. The van der Waals surface area contributed by atoms with Crippen LogP contribution in [0.4, 0.5) is 8.78 Å². The third kappa shape index (κ3) is 2.77. The Morgan fingerprint density at radius 1 is 1.69 bits per heavy atom. The molecule has 1 rings (SSSR count). The molecule has 0 aliphatic rings. The Labute approximate surface area is 75.4 Å². The first-order valence-corrected chi connectivity index (χ1v) is 4.07. The zero-order valence-electron chi connectivity index (χ0n) is 7.64. The number of hydrogen-bond acceptors (Lipinski definition) is 2. The zero-order chi connectivity index (χ0) is 10.1. The Kier molecular flexibility index (Phi) is 2.66. The molecule has 1 aromatic heterocycles. The van der Waals surface area contributed by atoms with Crippen LogP contribution < -0.4 is 5.73 Å². The van der Waals surface area contributed by atoms with Gasteiger partial charge < -0.3 is 10.7 Å². The molecule has 3 N–H and O–H groups in total. The highest BCUT2D eigenvalue weighted by Crippen LogP contribution is 2.23. The standard InChI is InChI=1S/C8H13F2N3/c1-5(11)3-6-4-12-7(13-6)8(2,9)10/h4-5H,3,11H2,1-2H3,(H,12,13). The molecule has 0 spiro atoms. The molecule has 0 saturated carbocycles. The molecule has 0 fully saturated rings. The third-order valence-corrected chi connectivity index (χ3v) is 1.59. The van der Waals surface area contributed by atoms with Crippen molar-refractivity contribution in [3.05, 3.63) is 17.7 Å². The van der Waals surface area contributed by atoms with Crippen LogP contribution in [-0.2, 0) is 12.3 Å². The molecule has 0 aliphatic carbocycles. The lowest BCUT2D eigenvalue weighted by Gasteiger charge is -2.05. The summed E-state index contributed by atoms with van der Waals surface area (Å²) in [7, 11) is 0. The average Bonchev–Trinajstić information content (AvgIpc) is 2.32. The number of halogens is 2. The zero-order valence-corrected chi connectivity index (χ0v) is 7.64. The highest BCUT2D eigenvalue weighted by Gasteiger charge is 2.27. The van der Waals surface area contributed by atoms with Crippen LogP contribution in [0, 0.1) is 0 Å². The second kappa shape index (κ2) is 3.41. The van der Waals surface area contributed by atoms with Crippen LogP contribution in [0.1, 0.15) is 25.4 Å². The quantitative estimate of drug-likeness (QED) is 0.755. The molecule has 1 aromatic rings. The van der Waals surface area contributed by atoms with Crippen molar-refractivity contribution in [2.24, 2.45) is 5.73 Å². The number of nitrogens with one attached hydrogen (secondary N) is 1. The van der Waals surface area contributed by atoms with E-state index in [1.807, 2.05) is 6.92 Å². The normalized spacial score (nSPS) is 14.5. The molecule has 1 unspecified atom stereocenters. The molecule has 5 heteroatoms. The number of nitrogens with two attached hydrogens (primary N) is 1. The monoisotopic (exact) mass is 189 g/mol. The first-order chi connectivity index (χ1) is 5.89. The summed E-state index contributed by atoms with van der Waals surface area (Å²) in [6.45, 7) is 2.62. The summed E-state index contributed by atoms with van der Waals surface area (Å²) in [5, 5.41) is 0. The van der Waals surface area contributed by atoms with E-state index in [1.54, 1.807) is 0 Å². The predicted octanol–water partition coefficient (Wildman–Crippen LogP) is 1.41. The fourth-order valence-electron chi connectivity index (χ4n) is 1.03. The highest BCUT2D eigenvalue weighted by molar-refractivity contribution is 5.06. The lowest BCUT2D eigenvalue weighted by Crippen LogP contribution is -2.18. The molecule has 0 bridgehead atoms. The van der Waals surface area contributed by atoms with Crippen LogP contribution in [0.3, 0.4) is 0 Å². The predicted molar refractivity (Wildman–Crippen MR) is 45.5 cm³/mol. The minimum absolute atomic E-state index is 0.0567. The molecule has 13 heavy (non-hydrogen) atoms. The van der Waals surface area contributed by atoms with Crippen LogP contribution >= 0.6 is 0 Å². The van der Waals surface area contributed by atoms with Gasteiger partial charge in [0.15, 0.2) is 5.82 Å². The summed E-state index contributed by atoms with van der Waals surface area (Å²) in [4.78, 5) is 6.12. The van der Waals surface area contributed by atoms with E-state index in [2.05, 4.69) is 9.97 Å². The van der Waals surface area contributed by atoms with Gasteiger partial charge in [0.05, 0.1) is 0 Å². The first kappa shape index (κ1) is 10.1. The van der Waals surface area contributed by atoms with Crippen LogP contribution in [-0.4, -0.2) is 16.0 Å². The van der Waals surface area contributed by atoms with Crippen molar-refractivity contribution in [2.45, 2.75) is 32.2 Å². The Balaban J connectivity index is 2.75. The van der Waals surface area contributed by atoms with Gasteiger partial charge in [0.25, 0.3) is 0 Å². The summed E-state index contributed by atoms with van der Waals surface area (Å²) in [5.41, 5.74) is 6.15. The first-order valence-electron chi connectivity index (χ1n) is 4.07. The summed E-state index contributed by atoms with van der Waals surface area (Å²) in [6.07, 6.45) is 1.93. The fraction of sp³-hybridized carbons (Fsp3) is 0.625. The van der Waals surface area contributed by atoms with Gasteiger partial charge in [0.2, 0.25) is 0 Å². The third-order valence-electron chi connectivity index (χ3n) is 1.59. The fourth-order valence-corrected chi connectivity index (χ4v) is 1.03. The summed E-state index contributed by atoms with van der Waals surface area (Å²) < 4.78 is 25.4. The molecule has 0 aliphatic heterocycles.